The average molecular weight is 355 g/mol. The lowest BCUT2D eigenvalue weighted by Crippen LogP contribution is -2.04. The highest BCUT2D eigenvalue weighted by Crippen LogP contribution is 2.14. The molecule has 0 aliphatic heterocycles. The summed E-state index contributed by atoms with van der Waals surface area (Å²) in [5.41, 5.74) is 0. The monoisotopic (exact) mass is 354 g/mol. The molecule has 0 atom stereocenters. The Morgan fingerprint density at radius 3 is 1.67 bits per heavy atom. The van der Waals surface area contributed by atoms with Crippen LogP contribution < -0.4 is 0 Å². The maximum atomic E-state index is 5.55. The molecule has 0 aliphatic carbocycles. The Hall–Kier alpha value is -0.130. The van der Waals surface area contributed by atoms with Gasteiger partial charge in [-0.25, -0.2) is 0 Å². The van der Waals surface area contributed by atoms with Gasteiger partial charge in [0.25, 0.3) is 0 Å². The van der Waals surface area contributed by atoms with Crippen molar-refractivity contribution in [1.82, 2.24) is 0 Å². The second-order valence-corrected chi connectivity index (χ2v) is 8.31. The molecular weight excluding hydrogens is 312 g/mol. The molecule has 0 aromatic heterocycles. The summed E-state index contributed by atoms with van der Waals surface area (Å²) in [5, 5.41) is 0. The van der Waals surface area contributed by atoms with Gasteiger partial charge < -0.3 is 4.74 Å². The molecule has 24 heavy (non-hydrogen) atoms. The van der Waals surface area contributed by atoms with Crippen LogP contribution in [0.4, 0.5) is 0 Å². The topological polar surface area (TPSA) is 9.23 Å². The van der Waals surface area contributed by atoms with Gasteiger partial charge in [0, 0.05) is 13.0 Å². The van der Waals surface area contributed by atoms with Crippen molar-refractivity contribution < 1.29 is 4.74 Å². The first-order chi connectivity index (χ1) is 11.8. The van der Waals surface area contributed by atoms with Gasteiger partial charge in [-0.05, 0) is 44.6 Å². The van der Waals surface area contributed by atoms with E-state index in [4.69, 9.17) is 11.2 Å². The Labute approximate surface area is 157 Å². The van der Waals surface area contributed by atoms with Crippen molar-refractivity contribution in [2.75, 3.05) is 18.1 Å². The predicted octanol–water partition coefficient (Wildman–Crippen LogP) is 7.24. The van der Waals surface area contributed by atoms with Crippen molar-refractivity contribution in [3.8, 4) is 12.3 Å². The van der Waals surface area contributed by atoms with E-state index >= 15 is 0 Å². The Kier molecular flexibility index (Phi) is 20.8. The Morgan fingerprint density at radius 1 is 0.708 bits per heavy atom. The highest BCUT2D eigenvalue weighted by Gasteiger charge is 1.96. The van der Waals surface area contributed by atoms with Crippen LogP contribution in [0.2, 0.25) is 0 Å². The van der Waals surface area contributed by atoms with E-state index in [0.29, 0.717) is 6.10 Å². The molecule has 0 N–H and O–H groups in total. The molecule has 0 saturated heterocycles. The molecule has 0 saturated carbocycles. The molecule has 0 radical (unpaired) electrons. The second-order valence-electron chi connectivity index (χ2n) is 7.08. The van der Waals surface area contributed by atoms with E-state index in [1.165, 1.54) is 95.0 Å². The summed E-state index contributed by atoms with van der Waals surface area (Å²) in [6.07, 6.45) is 24.6. The Morgan fingerprint density at radius 2 is 1.17 bits per heavy atom. The fraction of sp³-hybridized carbons (Fsp3) is 0.909. The first kappa shape index (κ1) is 23.9. The zero-order valence-electron chi connectivity index (χ0n) is 16.5. The number of unbranched alkanes of at least 4 members (excludes halogenated alkanes) is 12. The summed E-state index contributed by atoms with van der Waals surface area (Å²) in [7, 11) is 0. The summed E-state index contributed by atoms with van der Waals surface area (Å²) in [5.74, 6) is 5.31. The van der Waals surface area contributed by atoms with Crippen LogP contribution in [0.5, 0.6) is 0 Å². The molecule has 0 amide bonds. The molecule has 0 aliphatic rings. The number of terminal acetylenes is 1. The average Bonchev–Trinajstić information content (AvgIpc) is 2.56. The third-order valence-electron chi connectivity index (χ3n) is 4.24. The van der Waals surface area contributed by atoms with E-state index in [9.17, 15) is 0 Å². The molecule has 0 unspecified atom stereocenters. The van der Waals surface area contributed by atoms with Crippen LogP contribution in [-0.2, 0) is 4.74 Å². The van der Waals surface area contributed by atoms with Gasteiger partial charge in [-0.15, -0.1) is 12.3 Å². The van der Waals surface area contributed by atoms with Crippen LogP contribution in [0.3, 0.4) is 0 Å². The van der Waals surface area contributed by atoms with Crippen LogP contribution >= 0.6 is 11.8 Å². The van der Waals surface area contributed by atoms with E-state index in [0.717, 1.165) is 13.0 Å². The summed E-state index contributed by atoms with van der Waals surface area (Å²) in [6.45, 7) is 5.14. The summed E-state index contributed by atoms with van der Waals surface area (Å²) in [4.78, 5) is 0. The van der Waals surface area contributed by atoms with Gasteiger partial charge in [0.05, 0.1) is 6.10 Å². The van der Waals surface area contributed by atoms with E-state index in [2.05, 4.69) is 31.5 Å². The molecule has 0 rings (SSSR count). The minimum atomic E-state index is 0.383. The first-order valence-corrected chi connectivity index (χ1v) is 11.6. The number of rotatable bonds is 19. The maximum absolute atomic E-state index is 5.55. The van der Waals surface area contributed by atoms with Crippen molar-refractivity contribution in [2.45, 2.75) is 110 Å². The summed E-state index contributed by atoms with van der Waals surface area (Å²) in [6, 6.07) is 0. The van der Waals surface area contributed by atoms with Gasteiger partial charge in [0.1, 0.15) is 0 Å². The van der Waals surface area contributed by atoms with Crippen LogP contribution in [0.1, 0.15) is 104 Å². The van der Waals surface area contributed by atoms with Gasteiger partial charge in [0.2, 0.25) is 0 Å². The number of hydrogen-bond donors (Lipinski definition) is 0. The van der Waals surface area contributed by atoms with Crippen LogP contribution in [0.15, 0.2) is 0 Å². The van der Waals surface area contributed by atoms with Crippen molar-refractivity contribution in [1.29, 1.82) is 0 Å². The Balaban J connectivity index is 2.97. The SMILES string of the molecule is C#CCCCCCCCCCCCCCCSCCCOC(C)C. The molecular formula is C22H42OS. The molecule has 2 heteroatoms. The highest BCUT2D eigenvalue weighted by molar-refractivity contribution is 7.99. The maximum Gasteiger partial charge on any atom is 0.0518 e. The van der Waals surface area contributed by atoms with Crippen molar-refractivity contribution in [3.05, 3.63) is 0 Å². The van der Waals surface area contributed by atoms with E-state index in [1.807, 2.05) is 0 Å². The third-order valence-corrected chi connectivity index (χ3v) is 5.40. The molecule has 1 nitrogen and oxygen atoms in total. The number of hydrogen-bond acceptors (Lipinski definition) is 2. The molecule has 142 valence electrons. The summed E-state index contributed by atoms with van der Waals surface area (Å²) < 4.78 is 5.55. The van der Waals surface area contributed by atoms with Gasteiger partial charge in [-0.2, -0.15) is 11.8 Å². The lowest BCUT2D eigenvalue weighted by atomic mass is 10.0. The zero-order chi connectivity index (χ0) is 17.7. The van der Waals surface area contributed by atoms with Crippen molar-refractivity contribution in [2.24, 2.45) is 0 Å². The fourth-order valence-electron chi connectivity index (χ4n) is 2.78. The lowest BCUT2D eigenvalue weighted by molar-refractivity contribution is 0.0800. The summed E-state index contributed by atoms with van der Waals surface area (Å²) >= 11 is 2.10. The van der Waals surface area contributed by atoms with E-state index in [-0.39, 0.29) is 0 Å². The third kappa shape index (κ3) is 21.9. The van der Waals surface area contributed by atoms with E-state index < -0.39 is 0 Å². The van der Waals surface area contributed by atoms with Crippen LogP contribution in [-0.4, -0.2) is 24.2 Å². The largest absolute Gasteiger partial charge is 0.379 e. The van der Waals surface area contributed by atoms with Crippen LogP contribution in [0, 0.1) is 12.3 Å². The first-order valence-electron chi connectivity index (χ1n) is 10.4. The molecule has 0 bridgehead atoms. The minimum Gasteiger partial charge on any atom is -0.379 e. The van der Waals surface area contributed by atoms with Gasteiger partial charge in [0.15, 0.2) is 0 Å². The normalized spacial score (nSPS) is 11.1. The van der Waals surface area contributed by atoms with Crippen molar-refractivity contribution >= 4 is 11.8 Å². The lowest BCUT2D eigenvalue weighted by Gasteiger charge is -2.07. The fourth-order valence-corrected chi connectivity index (χ4v) is 3.72. The second kappa shape index (κ2) is 20.9. The molecule has 0 fully saturated rings. The smallest absolute Gasteiger partial charge is 0.0518 e. The minimum absolute atomic E-state index is 0.383. The quantitative estimate of drug-likeness (QED) is 0.178. The number of thioether (sulfide) groups is 1. The van der Waals surface area contributed by atoms with Gasteiger partial charge in [-0.1, -0.05) is 64.2 Å². The number of ether oxygens (including phenoxy) is 1. The van der Waals surface area contributed by atoms with Gasteiger partial charge >= 0.3 is 0 Å². The molecule has 0 spiro atoms. The van der Waals surface area contributed by atoms with Gasteiger partial charge in [-0.3, -0.25) is 0 Å². The molecule has 0 aromatic rings. The molecule has 0 aromatic carbocycles. The highest BCUT2D eigenvalue weighted by atomic mass is 32.2. The van der Waals surface area contributed by atoms with E-state index in [1.54, 1.807) is 0 Å². The zero-order valence-corrected chi connectivity index (χ0v) is 17.3. The molecule has 0 heterocycles. The van der Waals surface area contributed by atoms with Crippen molar-refractivity contribution in [3.63, 3.8) is 0 Å². The van der Waals surface area contributed by atoms with Crippen LogP contribution in [0.25, 0.3) is 0 Å². The standard InChI is InChI=1S/C22H42OS/c1-4-5-6-7-8-9-10-11-12-13-14-15-16-17-20-24-21-18-19-23-22(2)3/h1,22H,5-21H2,2-3H3. The Bertz CT molecular complexity index is 270. The predicted molar refractivity (Wildman–Crippen MR) is 112 cm³/mol.